The first-order chi connectivity index (χ1) is 15.9. The molecule has 1 aliphatic heterocycles. The van der Waals surface area contributed by atoms with Gasteiger partial charge in [-0.15, -0.1) is 0 Å². The standard InChI is InChI=1S/C26H29Cl2N3O2/c1-29-12-5-8-21(29)16-31(26(33)15-19-9-10-23(27)24(28)14-19)25(20-6-3-2-4-7-20)18-30-13-11-22(32)17-30/h2-10,12,14,22,25,32H,11,13,15-18H2,1H3. The zero-order valence-corrected chi connectivity index (χ0v) is 20.2. The molecule has 0 saturated carbocycles. The summed E-state index contributed by atoms with van der Waals surface area (Å²) in [5.41, 5.74) is 2.96. The van der Waals surface area contributed by atoms with Gasteiger partial charge in [0.25, 0.3) is 0 Å². The number of amides is 1. The summed E-state index contributed by atoms with van der Waals surface area (Å²) in [5, 5.41) is 11.0. The molecule has 2 unspecified atom stereocenters. The highest BCUT2D eigenvalue weighted by molar-refractivity contribution is 6.42. The lowest BCUT2D eigenvalue weighted by molar-refractivity contribution is -0.134. The molecule has 0 radical (unpaired) electrons. The van der Waals surface area contributed by atoms with Gasteiger partial charge in [0.15, 0.2) is 0 Å². The second-order valence-electron chi connectivity index (χ2n) is 8.69. The van der Waals surface area contributed by atoms with Crippen LogP contribution in [-0.2, 0) is 24.8 Å². The average molecular weight is 486 g/mol. The molecule has 1 N–H and O–H groups in total. The number of rotatable bonds is 8. The molecule has 1 saturated heterocycles. The van der Waals surface area contributed by atoms with E-state index in [4.69, 9.17) is 23.2 Å². The van der Waals surface area contributed by atoms with Gasteiger partial charge in [0, 0.05) is 38.6 Å². The Morgan fingerprint density at radius 1 is 1.12 bits per heavy atom. The van der Waals surface area contributed by atoms with E-state index < -0.39 is 0 Å². The Labute approximate surface area is 205 Å². The molecule has 0 spiro atoms. The van der Waals surface area contributed by atoms with E-state index in [-0.39, 0.29) is 24.5 Å². The van der Waals surface area contributed by atoms with Crippen molar-refractivity contribution in [2.75, 3.05) is 19.6 Å². The second-order valence-corrected chi connectivity index (χ2v) is 9.50. The van der Waals surface area contributed by atoms with Gasteiger partial charge in [0.2, 0.25) is 5.91 Å². The number of hydrogen-bond acceptors (Lipinski definition) is 3. The first-order valence-corrected chi connectivity index (χ1v) is 12.0. The van der Waals surface area contributed by atoms with Crippen LogP contribution in [-0.4, -0.2) is 51.1 Å². The molecule has 33 heavy (non-hydrogen) atoms. The molecule has 3 aromatic rings. The number of aryl methyl sites for hydroxylation is 1. The Kier molecular flexibility index (Phi) is 7.76. The maximum Gasteiger partial charge on any atom is 0.227 e. The van der Waals surface area contributed by atoms with Crippen molar-refractivity contribution >= 4 is 29.1 Å². The van der Waals surface area contributed by atoms with Crippen molar-refractivity contribution in [1.29, 1.82) is 0 Å². The molecular formula is C26H29Cl2N3O2. The lowest BCUT2D eigenvalue weighted by Gasteiger charge is -2.35. The first kappa shape index (κ1) is 23.8. The summed E-state index contributed by atoms with van der Waals surface area (Å²) >= 11 is 12.3. The van der Waals surface area contributed by atoms with E-state index in [1.807, 2.05) is 59.1 Å². The van der Waals surface area contributed by atoms with Crippen molar-refractivity contribution in [1.82, 2.24) is 14.4 Å². The van der Waals surface area contributed by atoms with Crippen LogP contribution in [0, 0.1) is 0 Å². The normalized spacial score (nSPS) is 17.3. The highest BCUT2D eigenvalue weighted by Crippen LogP contribution is 2.28. The van der Waals surface area contributed by atoms with Crippen molar-refractivity contribution < 1.29 is 9.90 Å². The zero-order chi connectivity index (χ0) is 23.4. The quantitative estimate of drug-likeness (QED) is 0.502. The van der Waals surface area contributed by atoms with Crippen molar-refractivity contribution in [3.05, 3.63) is 93.7 Å². The van der Waals surface area contributed by atoms with Gasteiger partial charge in [-0.1, -0.05) is 59.6 Å². The van der Waals surface area contributed by atoms with Crippen molar-refractivity contribution in [3.8, 4) is 0 Å². The number of aliphatic hydroxyl groups excluding tert-OH is 1. The van der Waals surface area contributed by atoms with Gasteiger partial charge in [0.05, 0.1) is 35.2 Å². The third kappa shape index (κ3) is 5.98. The van der Waals surface area contributed by atoms with Gasteiger partial charge in [-0.2, -0.15) is 0 Å². The van der Waals surface area contributed by atoms with Gasteiger partial charge in [-0.3, -0.25) is 9.69 Å². The average Bonchev–Trinajstić information content (AvgIpc) is 3.41. The smallest absolute Gasteiger partial charge is 0.227 e. The molecular weight excluding hydrogens is 457 g/mol. The fourth-order valence-corrected chi connectivity index (χ4v) is 4.74. The third-order valence-electron chi connectivity index (χ3n) is 6.28. The Balaban J connectivity index is 1.67. The lowest BCUT2D eigenvalue weighted by atomic mass is 10.0. The van der Waals surface area contributed by atoms with Crippen LogP contribution in [0.4, 0.5) is 0 Å². The molecule has 1 fully saturated rings. The molecule has 1 aromatic heterocycles. The number of aromatic nitrogens is 1. The minimum Gasteiger partial charge on any atom is -0.392 e. The van der Waals surface area contributed by atoms with Crippen LogP contribution in [0.25, 0.3) is 0 Å². The van der Waals surface area contributed by atoms with E-state index in [0.29, 0.717) is 29.7 Å². The third-order valence-corrected chi connectivity index (χ3v) is 7.02. The van der Waals surface area contributed by atoms with E-state index in [1.54, 1.807) is 12.1 Å². The largest absolute Gasteiger partial charge is 0.392 e. The number of carbonyl (C=O) groups is 1. The molecule has 0 aliphatic carbocycles. The van der Waals surface area contributed by atoms with Gasteiger partial charge in [-0.25, -0.2) is 0 Å². The Hall–Kier alpha value is -2.31. The van der Waals surface area contributed by atoms with Crippen molar-refractivity contribution in [2.45, 2.75) is 31.5 Å². The minimum atomic E-state index is -0.311. The molecule has 174 valence electrons. The number of nitrogens with zero attached hydrogens (tertiary/aromatic N) is 3. The summed E-state index contributed by atoms with van der Waals surface area (Å²) in [6.45, 7) is 2.60. The summed E-state index contributed by atoms with van der Waals surface area (Å²) in [6, 6.07) is 19.4. The van der Waals surface area contributed by atoms with Crippen LogP contribution in [0.3, 0.4) is 0 Å². The minimum absolute atomic E-state index is 0.0168. The van der Waals surface area contributed by atoms with Crippen molar-refractivity contribution in [3.63, 3.8) is 0 Å². The Morgan fingerprint density at radius 2 is 1.91 bits per heavy atom. The highest BCUT2D eigenvalue weighted by atomic mass is 35.5. The number of likely N-dealkylation sites (tertiary alicyclic amines) is 1. The number of benzene rings is 2. The lowest BCUT2D eigenvalue weighted by Crippen LogP contribution is -2.42. The number of aliphatic hydroxyl groups is 1. The van der Waals surface area contributed by atoms with E-state index in [9.17, 15) is 9.90 Å². The summed E-state index contributed by atoms with van der Waals surface area (Å²) in [7, 11) is 1.99. The first-order valence-electron chi connectivity index (χ1n) is 11.2. The summed E-state index contributed by atoms with van der Waals surface area (Å²) in [5.74, 6) is 0.0168. The number of β-amino-alcohol motifs (C(OH)–C–C–N with tert-alkyl or cyclic N) is 1. The number of carbonyl (C=O) groups excluding carboxylic acids is 1. The molecule has 0 bridgehead atoms. The van der Waals surface area contributed by atoms with Gasteiger partial charge < -0.3 is 14.6 Å². The number of hydrogen-bond donors (Lipinski definition) is 1. The SMILES string of the molecule is Cn1cccc1CN(C(=O)Cc1ccc(Cl)c(Cl)c1)C(CN1CCC(O)C1)c1ccccc1. The predicted molar refractivity (Wildman–Crippen MR) is 132 cm³/mol. The maximum atomic E-state index is 13.8. The zero-order valence-electron chi connectivity index (χ0n) is 18.7. The topological polar surface area (TPSA) is 48.7 Å². The van der Waals surface area contributed by atoms with Crippen LogP contribution in [0.1, 0.15) is 29.3 Å². The van der Waals surface area contributed by atoms with E-state index >= 15 is 0 Å². The molecule has 5 nitrogen and oxygen atoms in total. The molecule has 2 atom stereocenters. The van der Waals surface area contributed by atoms with Crippen molar-refractivity contribution in [2.24, 2.45) is 7.05 Å². The molecule has 2 heterocycles. The fourth-order valence-electron chi connectivity index (χ4n) is 4.41. The molecule has 1 amide bonds. The Bertz CT molecular complexity index is 1090. The second kappa shape index (κ2) is 10.7. The van der Waals surface area contributed by atoms with Crippen LogP contribution in [0.2, 0.25) is 10.0 Å². The van der Waals surface area contributed by atoms with E-state index in [1.165, 1.54) is 0 Å². The summed E-state index contributed by atoms with van der Waals surface area (Å²) < 4.78 is 2.04. The fraction of sp³-hybridized carbons (Fsp3) is 0.346. The molecule has 2 aromatic carbocycles. The summed E-state index contributed by atoms with van der Waals surface area (Å²) in [6.07, 6.45) is 2.67. The van der Waals surface area contributed by atoms with Gasteiger partial charge in [-0.05, 0) is 41.8 Å². The highest BCUT2D eigenvalue weighted by Gasteiger charge is 2.30. The van der Waals surface area contributed by atoms with Crippen LogP contribution in [0.15, 0.2) is 66.9 Å². The van der Waals surface area contributed by atoms with Crippen LogP contribution >= 0.6 is 23.2 Å². The Morgan fingerprint density at radius 3 is 2.55 bits per heavy atom. The molecule has 4 rings (SSSR count). The van der Waals surface area contributed by atoms with E-state index in [0.717, 1.165) is 29.8 Å². The van der Waals surface area contributed by atoms with Gasteiger partial charge >= 0.3 is 0 Å². The summed E-state index contributed by atoms with van der Waals surface area (Å²) in [4.78, 5) is 18.0. The molecule has 7 heteroatoms. The van der Waals surface area contributed by atoms with Crippen LogP contribution in [0.5, 0.6) is 0 Å². The van der Waals surface area contributed by atoms with Gasteiger partial charge in [0.1, 0.15) is 0 Å². The number of halogens is 2. The predicted octanol–water partition coefficient (Wildman–Crippen LogP) is 4.71. The monoisotopic (exact) mass is 485 g/mol. The van der Waals surface area contributed by atoms with E-state index in [2.05, 4.69) is 17.0 Å². The maximum absolute atomic E-state index is 13.8. The van der Waals surface area contributed by atoms with Crippen LogP contribution < -0.4 is 0 Å². The molecule has 1 aliphatic rings.